The summed E-state index contributed by atoms with van der Waals surface area (Å²) >= 11 is 2.48. The minimum atomic E-state index is -10.7. The average Bonchev–Trinajstić information content (AvgIpc) is 1.76. The first-order valence-electron chi connectivity index (χ1n) is 3.95. The van der Waals surface area contributed by atoms with Gasteiger partial charge in [-0.15, -0.1) is 0 Å². The van der Waals surface area contributed by atoms with Crippen LogP contribution in [0.3, 0.4) is 0 Å². The van der Waals surface area contributed by atoms with Crippen molar-refractivity contribution in [2.24, 2.45) is 0 Å². The Balaban J connectivity index is 0. The van der Waals surface area contributed by atoms with Crippen molar-refractivity contribution in [3.63, 3.8) is 0 Å². The van der Waals surface area contributed by atoms with Crippen LogP contribution in [0.4, 0.5) is 25.2 Å². The summed E-state index contributed by atoms with van der Waals surface area (Å²) in [5.74, 6) is 0. The standard InChI is InChI=1S/C6H15IN.F6P/c1-5-6(7)8(2,3)4;1-7(2,3,4,5)6/h6H,5H2,1-4H3;/q+1;-1. The van der Waals surface area contributed by atoms with Crippen molar-refractivity contribution >= 4 is 30.4 Å². The maximum absolute atomic E-state index is 10.7. The summed E-state index contributed by atoms with van der Waals surface area (Å²) in [4.78, 5) is 0. The number of nitrogens with zero attached hydrogens (tertiary/aromatic N) is 1. The third-order valence-corrected chi connectivity index (χ3v) is 3.73. The van der Waals surface area contributed by atoms with E-state index in [0.29, 0.717) is 0 Å². The van der Waals surface area contributed by atoms with Gasteiger partial charge < -0.3 is 4.48 Å². The molecule has 0 aromatic carbocycles. The Bertz CT molecular complexity index is 192. The fraction of sp³-hybridized carbons (Fsp3) is 1.00. The summed E-state index contributed by atoms with van der Waals surface area (Å²) in [6, 6.07) is 0. The predicted octanol–water partition coefficient (Wildman–Crippen LogP) is 5.25. The number of rotatable bonds is 2. The first-order valence-corrected chi connectivity index (χ1v) is 7.22. The van der Waals surface area contributed by atoms with Crippen molar-refractivity contribution in [2.75, 3.05) is 21.1 Å². The van der Waals surface area contributed by atoms with Crippen molar-refractivity contribution in [1.29, 1.82) is 0 Å². The zero-order valence-electron chi connectivity index (χ0n) is 8.82. The summed E-state index contributed by atoms with van der Waals surface area (Å²) in [5.41, 5.74) is 0. The Morgan fingerprint density at radius 2 is 1.20 bits per heavy atom. The van der Waals surface area contributed by atoms with Crippen LogP contribution in [-0.4, -0.2) is 29.7 Å². The molecule has 0 aromatic heterocycles. The molecule has 0 fully saturated rings. The summed E-state index contributed by atoms with van der Waals surface area (Å²) in [7, 11) is -3.99. The van der Waals surface area contributed by atoms with Gasteiger partial charge in [0.25, 0.3) is 0 Å². The molecule has 9 heteroatoms. The molecule has 0 heterocycles. The van der Waals surface area contributed by atoms with Crippen molar-refractivity contribution in [1.82, 2.24) is 0 Å². The molecule has 15 heavy (non-hydrogen) atoms. The number of quaternary nitrogens is 1. The van der Waals surface area contributed by atoms with Gasteiger partial charge in [0.1, 0.15) is 4.05 Å². The van der Waals surface area contributed by atoms with Crippen LogP contribution < -0.4 is 0 Å². The second kappa shape index (κ2) is 4.18. The third kappa shape index (κ3) is 31.3. The molecule has 1 nitrogen and oxygen atoms in total. The third-order valence-electron chi connectivity index (χ3n) is 1.18. The Morgan fingerprint density at radius 1 is 1.00 bits per heavy atom. The molecule has 1 atom stereocenters. The SMILES string of the molecule is CCC(I)[N+](C)(C)C.F[P-](F)(F)(F)(F)F. The zero-order valence-corrected chi connectivity index (χ0v) is 11.9. The molecule has 98 valence electrons. The van der Waals surface area contributed by atoms with E-state index < -0.39 is 7.81 Å². The molecule has 1 unspecified atom stereocenters. The van der Waals surface area contributed by atoms with Crippen molar-refractivity contribution in [3.05, 3.63) is 0 Å². The molecule has 0 amide bonds. The quantitative estimate of drug-likeness (QED) is 0.155. The zero-order chi connectivity index (χ0) is 13.2. The van der Waals surface area contributed by atoms with E-state index in [4.69, 9.17) is 0 Å². The van der Waals surface area contributed by atoms with Gasteiger partial charge in [0.05, 0.1) is 21.1 Å². The normalized spacial score (nSPS) is 19.4. The first-order chi connectivity index (χ1) is 5.93. The van der Waals surface area contributed by atoms with Gasteiger partial charge in [0, 0.05) is 6.42 Å². The number of hydrogen-bond donors (Lipinski definition) is 0. The van der Waals surface area contributed by atoms with E-state index in [2.05, 4.69) is 50.7 Å². The van der Waals surface area contributed by atoms with Gasteiger partial charge in [-0.1, -0.05) is 6.92 Å². The predicted molar refractivity (Wildman–Crippen MR) is 59.7 cm³/mol. The van der Waals surface area contributed by atoms with Gasteiger partial charge in [-0.3, -0.25) is 0 Å². The number of halogens is 7. The number of hydrogen-bond acceptors (Lipinski definition) is 0. The first kappa shape index (κ1) is 18.1. The van der Waals surface area contributed by atoms with Crippen LogP contribution in [0.5, 0.6) is 0 Å². The van der Waals surface area contributed by atoms with E-state index in [9.17, 15) is 25.2 Å². The molecule has 0 radical (unpaired) electrons. The van der Waals surface area contributed by atoms with Gasteiger partial charge in [0.15, 0.2) is 0 Å². The summed E-state index contributed by atoms with van der Waals surface area (Å²) in [5, 5.41) is 0. The Hall–Kier alpha value is 0.700. The van der Waals surface area contributed by atoms with E-state index in [1.54, 1.807) is 0 Å². The Morgan fingerprint density at radius 3 is 1.20 bits per heavy atom. The van der Waals surface area contributed by atoms with Crippen LogP contribution in [-0.2, 0) is 0 Å². The molecule has 0 aliphatic carbocycles. The van der Waals surface area contributed by atoms with Crippen LogP contribution in [0.25, 0.3) is 0 Å². The van der Waals surface area contributed by atoms with Gasteiger partial charge in [0.2, 0.25) is 0 Å². The monoisotopic (exact) mass is 373 g/mol. The Labute approximate surface area is 98.8 Å². The molecule has 0 rings (SSSR count). The Kier molecular flexibility index (Phi) is 5.03. The molecule has 0 saturated carbocycles. The topological polar surface area (TPSA) is 0 Å². The van der Waals surface area contributed by atoms with Crippen LogP contribution in [0.1, 0.15) is 13.3 Å². The molecule has 0 aliphatic heterocycles. The molecule has 0 aromatic rings. The second-order valence-corrected chi connectivity index (χ2v) is 7.27. The van der Waals surface area contributed by atoms with Gasteiger partial charge in [-0.2, -0.15) is 0 Å². The minimum absolute atomic E-state index is 0.757. The van der Waals surface area contributed by atoms with Crippen LogP contribution >= 0.6 is 30.4 Å². The van der Waals surface area contributed by atoms with Crippen LogP contribution in [0.2, 0.25) is 0 Å². The molecule has 0 N–H and O–H groups in total. The molecule has 0 spiro atoms. The van der Waals surface area contributed by atoms with Crippen LogP contribution in [0.15, 0.2) is 0 Å². The molecule has 0 saturated heterocycles. The van der Waals surface area contributed by atoms with E-state index in [1.807, 2.05) is 0 Å². The number of alkyl halides is 1. The van der Waals surface area contributed by atoms with Crippen LogP contribution in [0, 0.1) is 0 Å². The van der Waals surface area contributed by atoms with Gasteiger partial charge >= 0.3 is 33.0 Å². The van der Waals surface area contributed by atoms with E-state index >= 15 is 0 Å². The summed E-state index contributed by atoms with van der Waals surface area (Å²) in [6.45, 7) is 2.22. The van der Waals surface area contributed by atoms with E-state index in [-0.39, 0.29) is 0 Å². The van der Waals surface area contributed by atoms with Gasteiger partial charge in [-0.25, -0.2) is 0 Å². The summed E-state index contributed by atoms with van der Waals surface area (Å²) in [6.07, 6.45) is 1.25. The fourth-order valence-electron chi connectivity index (χ4n) is 0.548. The maximum atomic E-state index is 9.87. The molecular weight excluding hydrogens is 358 g/mol. The summed E-state index contributed by atoms with van der Waals surface area (Å²) < 4.78 is 61.0. The van der Waals surface area contributed by atoms with E-state index in [1.165, 1.54) is 6.42 Å². The average molecular weight is 373 g/mol. The molecule has 0 bridgehead atoms. The molecular formula is C6H15F6INP. The fourth-order valence-corrected chi connectivity index (χ4v) is 0.548. The van der Waals surface area contributed by atoms with Crippen molar-refractivity contribution in [2.45, 2.75) is 17.4 Å². The molecule has 0 aliphatic rings. The van der Waals surface area contributed by atoms with Crippen molar-refractivity contribution < 1.29 is 29.7 Å². The van der Waals surface area contributed by atoms with Gasteiger partial charge in [-0.05, 0) is 22.6 Å². The second-order valence-electron chi connectivity index (χ2n) is 3.92. The van der Waals surface area contributed by atoms with Crippen molar-refractivity contribution in [3.8, 4) is 0 Å². The van der Waals surface area contributed by atoms with E-state index in [0.717, 1.165) is 8.53 Å².